The van der Waals surface area contributed by atoms with E-state index in [1.807, 2.05) is 48.0 Å². The zero-order valence-corrected chi connectivity index (χ0v) is 14.7. The highest BCUT2D eigenvalue weighted by atomic mass is 32.1. The molecule has 0 aliphatic heterocycles. The number of rotatable bonds is 4. The second kappa shape index (κ2) is 6.52. The van der Waals surface area contributed by atoms with Crippen LogP contribution in [0.25, 0.3) is 27.6 Å². The highest BCUT2D eigenvalue weighted by Gasteiger charge is 2.19. The number of nitrogens with zero attached hydrogens (tertiary/aromatic N) is 6. The van der Waals surface area contributed by atoms with Crippen molar-refractivity contribution in [2.24, 2.45) is 0 Å². The number of para-hydroxylation sites is 1. The van der Waals surface area contributed by atoms with Crippen LogP contribution in [0.4, 0.5) is 0 Å². The van der Waals surface area contributed by atoms with Crippen LogP contribution in [0.15, 0.2) is 54.0 Å². The normalized spacial score (nSPS) is 11.2. The van der Waals surface area contributed by atoms with Crippen LogP contribution < -0.4 is 0 Å². The van der Waals surface area contributed by atoms with E-state index in [4.69, 9.17) is 4.98 Å². The number of thiophene rings is 1. The minimum absolute atomic E-state index is 0.248. The molecule has 0 aliphatic carbocycles. The van der Waals surface area contributed by atoms with Crippen LogP contribution in [0.2, 0.25) is 0 Å². The molecule has 0 saturated carbocycles. The van der Waals surface area contributed by atoms with Crippen molar-refractivity contribution in [2.75, 3.05) is 0 Å². The van der Waals surface area contributed by atoms with E-state index in [0.717, 1.165) is 27.6 Å². The molecule has 124 valence electrons. The molecule has 0 saturated heterocycles. The van der Waals surface area contributed by atoms with Gasteiger partial charge in [0, 0.05) is 12.1 Å². The van der Waals surface area contributed by atoms with Gasteiger partial charge in [-0.25, -0.2) is 9.97 Å². The van der Waals surface area contributed by atoms with Crippen molar-refractivity contribution in [3.63, 3.8) is 0 Å². The second-order valence-corrected chi connectivity index (χ2v) is 6.82. The summed E-state index contributed by atoms with van der Waals surface area (Å²) in [5.74, 6) is 1.69. The van der Waals surface area contributed by atoms with Gasteiger partial charge in [0.1, 0.15) is 5.82 Å². The summed E-state index contributed by atoms with van der Waals surface area (Å²) in [6, 6.07) is 13.9. The highest BCUT2D eigenvalue weighted by molar-refractivity contribution is 7.13. The van der Waals surface area contributed by atoms with Crippen molar-refractivity contribution in [1.29, 1.82) is 0 Å². The van der Waals surface area contributed by atoms with Crippen LogP contribution in [0.5, 0.6) is 0 Å². The molecule has 0 aliphatic rings. The molecule has 0 radical (unpaired) electrons. The molecule has 1 aromatic carbocycles. The fourth-order valence-corrected chi connectivity index (χ4v) is 3.26. The van der Waals surface area contributed by atoms with E-state index in [1.54, 1.807) is 16.0 Å². The molecule has 0 spiro atoms. The second-order valence-electron chi connectivity index (χ2n) is 5.87. The third-order valence-electron chi connectivity index (χ3n) is 3.79. The molecule has 0 fully saturated rings. The summed E-state index contributed by atoms with van der Waals surface area (Å²) < 4.78 is 1.71. The maximum atomic E-state index is 4.80. The molecule has 3 aromatic heterocycles. The SMILES string of the molecule is CC(C)c1ncc(-c2nnnn2-c2ccccc2)c(-c2cccs2)n1. The van der Waals surface area contributed by atoms with Crippen LogP contribution in [-0.4, -0.2) is 30.2 Å². The molecule has 0 atom stereocenters. The molecule has 0 unspecified atom stereocenters. The first-order valence-electron chi connectivity index (χ1n) is 7.99. The van der Waals surface area contributed by atoms with Crippen molar-refractivity contribution in [2.45, 2.75) is 19.8 Å². The van der Waals surface area contributed by atoms with Crippen LogP contribution in [-0.2, 0) is 0 Å². The summed E-state index contributed by atoms with van der Waals surface area (Å²) in [5.41, 5.74) is 2.58. The molecule has 0 N–H and O–H groups in total. The Hall–Kier alpha value is -2.93. The number of tetrazole rings is 1. The summed E-state index contributed by atoms with van der Waals surface area (Å²) in [5, 5.41) is 14.3. The zero-order valence-electron chi connectivity index (χ0n) is 13.9. The van der Waals surface area contributed by atoms with Gasteiger partial charge in [-0.1, -0.05) is 38.1 Å². The Morgan fingerprint density at radius 1 is 1.04 bits per heavy atom. The fraction of sp³-hybridized carbons (Fsp3) is 0.167. The topological polar surface area (TPSA) is 69.4 Å². The van der Waals surface area contributed by atoms with Gasteiger partial charge >= 0.3 is 0 Å². The van der Waals surface area contributed by atoms with Crippen LogP contribution >= 0.6 is 11.3 Å². The predicted octanol–water partition coefficient (Wildman–Crippen LogP) is 3.97. The van der Waals surface area contributed by atoms with E-state index in [1.165, 1.54) is 0 Å². The average molecular weight is 348 g/mol. The Kier molecular flexibility index (Phi) is 4.07. The smallest absolute Gasteiger partial charge is 0.190 e. The van der Waals surface area contributed by atoms with Crippen molar-refractivity contribution in [3.8, 4) is 27.6 Å². The van der Waals surface area contributed by atoms with Gasteiger partial charge in [0.25, 0.3) is 0 Å². The lowest BCUT2D eigenvalue weighted by molar-refractivity contribution is 0.774. The van der Waals surface area contributed by atoms with E-state index in [0.29, 0.717) is 5.82 Å². The Balaban J connectivity index is 1.91. The predicted molar refractivity (Wildman–Crippen MR) is 97.6 cm³/mol. The van der Waals surface area contributed by atoms with Crippen molar-refractivity contribution < 1.29 is 0 Å². The molecule has 3 heterocycles. The summed E-state index contributed by atoms with van der Waals surface area (Å²) in [6.45, 7) is 4.17. The van der Waals surface area contributed by atoms with Gasteiger partial charge in [0.2, 0.25) is 0 Å². The lowest BCUT2D eigenvalue weighted by atomic mass is 10.1. The van der Waals surface area contributed by atoms with Gasteiger partial charge in [-0.3, -0.25) is 0 Å². The van der Waals surface area contributed by atoms with Gasteiger partial charge in [-0.05, 0) is 34.0 Å². The maximum Gasteiger partial charge on any atom is 0.190 e. The summed E-state index contributed by atoms with van der Waals surface area (Å²) >= 11 is 1.64. The molecule has 4 aromatic rings. The minimum atomic E-state index is 0.248. The fourth-order valence-electron chi connectivity index (χ4n) is 2.54. The molecule has 0 bridgehead atoms. The van der Waals surface area contributed by atoms with Crippen molar-refractivity contribution in [1.82, 2.24) is 30.2 Å². The molecular weight excluding hydrogens is 332 g/mol. The lowest BCUT2D eigenvalue weighted by Gasteiger charge is -2.11. The third kappa shape index (κ3) is 2.94. The highest BCUT2D eigenvalue weighted by Crippen LogP contribution is 2.33. The molecular formula is C18H16N6S. The molecule has 7 heteroatoms. The molecule has 25 heavy (non-hydrogen) atoms. The maximum absolute atomic E-state index is 4.80. The van der Waals surface area contributed by atoms with E-state index in [9.17, 15) is 0 Å². The minimum Gasteiger partial charge on any atom is -0.240 e. The van der Waals surface area contributed by atoms with Gasteiger partial charge in [-0.15, -0.1) is 16.4 Å². The van der Waals surface area contributed by atoms with Gasteiger partial charge in [0.15, 0.2) is 5.82 Å². The Morgan fingerprint density at radius 2 is 1.88 bits per heavy atom. The van der Waals surface area contributed by atoms with Crippen molar-refractivity contribution >= 4 is 11.3 Å². The quantitative estimate of drug-likeness (QED) is 0.558. The Bertz CT molecular complexity index is 976. The number of aromatic nitrogens is 6. The van der Waals surface area contributed by atoms with Crippen LogP contribution in [0.1, 0.15) is 25.6 Å². The summed E-state index contributed by atoms with van der Waals surface area (Å²) in [6.07, 6.45) is 1.82. The van der Waals surface area contributed by atoms with E-state index in [-0.39, 0.29) is 5.92 Å². The number of benzene rings is 1. The van der Waals surface area contributed by atoms with Gasteiger partial charge < -0.3 is 0 Å². The Morgan fingerprint density at radius 3 is 2.60 bits per heavy atom. The lowest BCUT2D eigenvalue weighted by Crippen LogP contribution is -2.04. The standard InChI is InChI=1S/C18H16N6S/c1-12(2)17-19-11-14(16(20-17)15-9-6-10-25-15)18-21-22-23-24(18)13-7-4-3-5-8-13/h3-12H,1-2H3. The third-order valence-corrected chi connectivity index (χ3v) is 4.67. The first-order chi connectivity index (χ1) is 12.2. The number of hydrogen-bond acceptors (Lipinski definition) is 6. The van der Waals surface area contributed by atoms with E-state index < -0.39 is 0 Å². The van der Waals surface area contributed by atoms with Crippen molar-refractivity contribution in [3.05, 3.63) is 59.9 Å². The van der Waals surface area contributed by atoms with Gasteiger partial charge in [0.05, 0.1) is 21.8 Å². The largest absolute Gasteiger partial charge is 0.240 e. The monoisotopic (exact) mass is 348 g/mol. The Labute approximate surface area is 149 Å². The summed E-state index contributed by atoms with van der Waals surface area (Å²) in [4.78, 5) is 10.4. The van der Waals surface area contributed by atoms with E-state index >= 15 is 0 Å². The van der Waals surface area contributed by atoms with Crippen LogP contribution in [0.3, 0.4) is 0 Å². The molecule has 4 rings (SSSR count). The van der Waals surface area contributed by atoms with E-state index in [2.05, 4.69) is 40.4 Å². The first kappa shape index (κ1) is 15.6. The summed E-state index contributed by atoms with van der Waals surface area (Å²) in [7, 11) is 0. The molecule has 6 nitrogen and oxygen atoms in total. The van der Waals surface area contributed by atoms with Crippen LogP contribution in [0, 0.1) is 0 Å². The molecule has 0 amide bonds. The van der Waals surface area contributed by atoms with Gasteiger partial charge in [-0.2, -0.15) is 4.68 Å². The zero-order chi connectivity index (χ0) is 17.2. The number of hydrogen-bond donors (Lipinski definition) is 0. The average Bonchev–Trinajstić information content (AvgIpc) is 3.33. The first-order valence-corrected chi connectivity index (χ1v) is 8.87.